The van der Waals surface area contributed by atoms with E-state index in [4.69, 9.17) is 5.11 Å². The van der Waals surface area contributed by atoms with Crippen molar-refractivity contribution < 1.29 is 9.90 Å². The van der Waals surface area contributed by atoms with E-state index < -0.39 is 0 Å². The molecule has 0 saturated carbocycles. The summed E-state index contributed by atoms with van der Waals surface area (Å²) in [6.45, 7) is 3.33. The Hall–Kier alpha value is -3.03. The van der Waals surface area contributed by atoms with Gasteiger partial charge in [-0.1, -0.05) is 59.8 Å². The zero-order valence-electron chi connectivity index (χ0n) is 17.7. The van der Waals surface area contributed by atoms with Crippen molar-refractivity contribution in [1.82, 2.24) is 25.2 Å². The number of aromatic nitrogens is 3. The van der Waals surface area contributed by atoms with Gasteiger partial charge in [0.1, 0.15) is 0 Å². The minimum atomic E-state index is -0.245. The molecule has 1 saturated heterocycles. The first kappa shape index (κ1) is 21.2. The Bertz CT molecular complexity index is 971. The number of nitrogens with zero attached hydrogens (tertiary/aromatic N) is 4. The summed E-state index contributed by atoms with van der Waals surface area (Å²) in [5, 5.41) is 19.8. The topological polar surface area (TPSA) is 83.3 Å². The molecule has 0 radical (unpaired) electrons. The standard InChI is InChI=1S/C24H29N5O2/c30-15-5-13-25-24(31)23-18-29(27-26-23)22-8-4-14-28(17-22)16-19-9-11-21(12-10-19)20-6-2-1-3-7-20/h1-3,6-7,9-12,18,22,30H,4-5,8,13-17H2,(H,25,31)/t22-/m0/s1. The van der Waals surface area contributed by atoms with Crippen molar-refractivity contribution in [3.8, 4) is 11.1 Å². The summed E-state index contributed by atoms with van der Waals surface area (Å²) in [7, 11) is 0. The highest BCUT2D eigenvalue weighted by atomic mass is 16.3. The van der Waals surface area contributed by atoms with Gasteiger partial charge in [-0.3, -0.25) is 9.69 Å². The van der Waals surface area contributed by atoms with Crippen LogP contribution in [0.2, 0.25) is 0 Å². The first-order valence-electron chi connectivity index (χ1n) is 10.9. The predicted molar refractivity (Wildman–Crippen MR) is 119 cm³/mol. The molecule has 1 aromatic heterocycles. The third-order valence-electron chi connectivity index (χ3n) is 5.69. The molecule has 3 aromatic rings. The van der Waals surface area contributed by atoms with Crippen LogP contribution in [0, 0.1) is 0 Å². The zero-order chi connectivity index (χ0) is 21.5. The lowest BCUT2D eigenvalue weighted by atomic mass is 10.0. The van der Waals surface area contributed by atoms with Gasteiger partial charge in [0.15, 0.2) is 5.69 Å². The van der Waals surface area contributed by atoms with Gasteiger partial charge in [-0.05, 0) is 42.5 Å². The molecule has 0 spiro atoms. The number of carbonyl (C=O) groups is 1. The number of carbonyl (C=O) groups excluding carboxylic acids is 1. The Morgan fingerprint density at radius 2 is 1.87 bits per heavy atom. The quantitative estimate of drug-likeness (QED) is 0.549. The van der Waals surface area contributed by atoms with Crippen LogP contribution in [0.25, 0.3) is 11.1 Å². The highest BCUT2D eigenvalue weighted by Gasteiger charge is 2.23. The fourth-order valence-electron chi connectivity index (χ4n) is 4.01. The molecule has 7 nitrogen and oxygen atoms in total. The molecule has 0 aliphatic carbocycles. The number of aliphatic hydroxyl groups is 1. The van der Waals surface area contributed by atoms with Gasteiger partial charge < -0.3 is 10.4 Å². The van der Waals surface area contributed by atoms with Crippen molar-refractivity contribution >= 4 is 5.91 Å². The minimum Gasteiger partial charge on any atom is -0.396 e. The van der Waals surface area contributed by atoms with E-state index in [1.54, 1.807) is 6.20 Å². The molecule has 1 aliphatic heterocycles. The van der Waals surface area contributed by atoms with Crippen molar-refractivity contribution in [3.05, 3.63) is 72.1 Å². The van der Waals surface area contributed by atoms with Gasteiger partial charge in [-0.25, -0.2) is 4.68 Å². The molecule has 1 aliphatic rings. The highest BCUT2D eigenvalue weighted by Crippen LogP contribution is 2.24. The molecule has 162 valence electrons. The molecule has 1 atom stereocenters. The molecule has 1 fully saturated rings. The van der Waals surface area contributed by atoms with E-state index in [-0.39, 0.29) is 18.6 Å². The van der Waals surface area contributed by atoms with Crippen molar-refractivity contribution in [3.63, 3.8) is 0 Å². The average molecular weight is 420 g/mol. The van der Waals surface area contributed by atoms with Crippen molar-refractivity contribution in [2.75, 3.05) is 26.2 Å². The van der Waals surface area contributed by atoms with Gasteiger partial charge in [-0.2, -0.15) is 0 Å². The van der Waals surface area contributed by atoms with Crippen LogP contribution in [0.1, 0.15) is 41.4 Å². The van der Waals surface area contributed by atoms with E-state index in [1.807, 2.05) is 10.7 Å². The maximum Gasteiger partial charge on any atom is 0.273 e. The van der Waals surface area contributed by atoms with Gasteiger partial charge >= 0.3 is 0 Å². The minimum absolute atomic E-state index is 0.0554. The van der Waals surface area contributed by atoms with Gasteiger partial charge in [0.05, 0.1) is 12.2 Å². The Kier molecular flexibility index (Phi) is 7.07. The molecule has 2 heterocycles. The second-order valence-electron chi connectivity index (χ2n) is 8.01. The molecule has 0 unspecified atom stereocenters. The number of nitrogens with one attached hydrogen (secondary N) is 1. The summed E-state index contributed by atoms with van der Waals surface area (Å²) in [5.41, 5.74) is 4.08. The number of piperidine rings is 1. The van der Waals surface area contributed by atoms with Gasteiger partial charge in [0.25, 0.3) is 5.91 Å². The van der Waals surface area contributed by atoms with Crippen molar-refractivity contribution in [2.24, 2.45) is 0 Å². The zero-order valence-corrected chi connectivity index (χ0v) is 17.7. The number of hydrogen-bond donors (Lipinski definition) is 2. The van der Waals surface area contributed by atoms with E-state index in [2.05, 4.69) is 69.1 Å². The fourth-order valence-corrected chi connectivity index (χ4v) is 4.01. The van der Waals surface area contributed by atoms with Crippen LogP contribution < -0.4 is 5.32 Å². The van der Waals surface area contributed by atoms with Crippen molar-refractivity contribution in [2.45, 2.75) is 31.8 Å². The second-order valence-corrected chi connectivity index (χ2v) is 8.01. The molecule has 7 heteroatoms. The first-order valence-corrected chi connectivity index (χ1v) is 10.9. The van der Waals surface area contributed by atoms with E-state index in [1.165, 1.54) is 16.7 Å². The maximum absolute atomic E-state index is 12.1. The SMILES string of the molecule is O=C(NCCCO)c1cn([C@H]2CCCN(Cc3ccc(-c4ccccc4)cc3)C2)nn1. The third kappa shape index (κ3) is 5.57. The van der Waals surface area contributed by atoms with Gasteiger partial charge in [0.2, 0.25) is 0 Å². The lowest BCUT2D eigenvalue weighted by Gasteiger charge is -2.32. The smallest absolute Gasteiger partial charge is 0.273 e. The molecule has 1 amide bonds. The lowest BCUT2D eigenvalue weighted by molar-refractivity contribution is 0.0946. The number of amides is 1. The predicted octanol–water partition coefficient (Wildman–Crippen LogP) is 2.89. The average Bonchev–Trinajstić information content (AvgIpc) is 3.31. The lowest BCUT2D eigenvalue weighted by Crippen LogP contribution is -2.36. The number of hydrogen-bond acceptors (Lipinski definition) is 5. The van der Waals surface area contributed by atoms with E-state index >= 15 is 0 Å². The normalized spacial score (nSPS) is 16.9. The largest absolute Gasteiger partial charge is 0.396 e. The molecule has 2 aromatic carbocycles. The number of rotatable bonds is 8. The van der Waals surface area contributed by atoms with Gasteiger partial charge in [0, 0.05) is 26.2 Å². The molecule has 2 N–H and O–H groups in total. The number of benzene rings is 2. The summed E-state index contributed by atoms with van der Waals surface area (Å²) in [4.78, 5) is 14.6. The van der Waals surface area contributed by atoms with Crippen LogP contribution in [0.4, 0.5) is 0 Å². The van der Waals surface area contributed by atoms with Crippen LogP contribution in [0.3, 0.4) is 0 Å². The van der Waals surface area contributed by atoms with E-state index in [0.29, 0.717) is 18.7 Å². The summed E-state index contributed by atoms with van der Waals surface area (Å²) in [6.07, 6.45) is 4.38. The van der Waals surface area contributed by atoms with Crippen molar-refractivity contribution in [1.29, 1.82) is 0 Å². The summed E-state index contributed by atoms with van der Waals surface area (Å²) >= 11 is 0. The maximum atomic E-state index is 12.1. The molecule has 0 bridgehead atoms. The molecule has 31 heavy (non-hydrogen) atoms. The summed E-state index contributed by atoms with van der Waals surface area (Å²) < 4.78 is 1.83. The van der Waals surface area contributed by atoms with Crippen LogP contribution in [-0.4, -0.2) is 57.1 Å². The second kappa shape index (κ2) is 10.3. The first-order chi connectivity index (χ1) is 15.2. The molecular weight excluding hydrogens is 390 g/mol. The Labute approximate surface area is 182 Å². The summed E-state index contributed by atoms with van der Waals surface area (Å²) in [5.74, 6) is -0.245. The Morgan fingerprint density at radius 3 is 2.65 bits per heavy atom. The van der Waals surface area contributed by atoms with Crippen LogP contribution >= 0.6 is 0 Å². The van der Waals surface area contributed by atoms with Gasteiger partial charge in [-0.15, -0.1) is 5.10 Å². The number of aliphatic hydroxyl groups excluding tert-OH is 1. The summed E-state index contributed by atoms with van der Waals surface area (Å²) in [6, 6.07) is 19.4. The Balaban J connectivity index is 1.34. The van der Waals surface area contributed by atoms with E-state index in [0.717, 1.165) is 32.5 Å². The van der Waals surface area contributed by atoms with Crippen LogP contribution in [0.5, 0.6) is 0 Å². The Morgan fingerprint density at radius 1 is 1.10 bits per heavy atom. The third-order valence-corrected chi connectivity index (χ3v) is 5.69. The number of likely N-dealkylation sites (tertiary alicyclic amines) is 1. The fraction of sp³-hybridized carbons (Fsp3) is 0.375. The van der Waals surface area contributed by atoms with Crippen LogP contribution in [0.15, 0.2) is 60.8 Å². The highest BCUT2D eigenvalue weighted by molar-refractivity contribution is 5.91. The monoisotopic (exact) mass is 419 g/mol. The van der Waals surface area contributed by atoms with Crippen LogP contribution in [-0.2, 0) is 6.54 Å². The van der Waals surface area contributed by atoms with E-state index in [9.17, 15) is 4.79 Å². The molecule has 4 rings (SSSR count). The molecular formula is C24H29N5O2.